The van der Waals surface area contributed by atoms with Crippen LogP contribution in [0.3, 0.4) is 0 Å². The first-order chi connectivity index (χ1) is 11.2. The fraction of sp³-hybridized carbons (Fsp3) is 0.200. The van der Waals surface area contributed by atoms with Crippen molar-refractivity contribution in [2.75, 3.05) is 7.11 Å². The summed E-state index contributed by atoms with van der Waals surface area (Å²) in [7, 11) is 1.35. The van der Waals surface area contributed by atoms with Gasteiger partial charge in [0.2, 0.25) is 0 Å². The minimum atomic E-state index is -0.366. The van der Waals surface area contributed by atoms with Gasteiger partial charge in [-0.3, -0.25) is 4.79 Å². The summed E-state index contributed by atoms with van der Waals surface area (Å²) in [6.07, 6.45) is 6.69. The van der Waals surface area contributed by atoms with Crippen molar-refractivity contribution in [3.63, 3.8) is 0 Å². The van der Waals surface area contributed by atoms with Gasteiger partial charge in [-0.2, -0.15) is 0 Å². The van der Waals surface area contributed by atoms with Crippen molar-refractivity contribution in [1.82, 2.24) is 0 Å². The molecule has 3 rings (SSSR count). The highest BCUT2D eigenvalue weighted by Crippen LogP contribution is 2.23. The average Bonchev–Trinajstić information content (AvgIpc) is 3.07. The first-order valence-electron chi connectivity index (χ1n) is 7.70. The Bertz CT molecular complexity index is 770. The van der Waals surface area contributed by atoms with E-state index in [0.29, 0.717) is 5.56 Å². The Morgan fingerprint density at radius 3 is 2.39 bits per heavy atom. The normalized spacial score (nSPS) is 13.1. The summed E-state index contributed by atoms with van der Waals surface area (Å²) in [5, 5.41) is 0. The molecule has 1 aliphatic rings. The van der Waals surface area contributed by atoms with Gasteiger partial charge in [-0.25, -0.2) is 4.79 Å². The maximum atomic E-state index is 12.3. The molecule has 0 unspecified atom stereocenters. The highest BCUT2D eigenvalue weighted by molar-refractivity contribution is 6.07. The van der Waals surface area contributed by atoms with Gasteiger partial charge in [0.15, 0.2) is 5.78 Å². The standard InChI is InChI=1S/C20H18O3/c1-23-20(22)16-8-5-14(6-9-16)7-12-19(21)18-11-10-15-3-2-4-17(15)13-18/h5-13H,2-4H2,1H3/b12-7+. The molecule has 0 atom stereocenters. The maximum Gasteiger partial charge on any atom is 0.337 e. The van der Waals surface area contributed by atoms with Crippen molar-refractivity contribution in [3.05, 3.63) is 76.4 Å². The van der Waals surface area contributed by atoms with Crippen LogP contribution in [0, 0.1) is 0 Å². The number of esters is 1. The van der Waals surface area contributed by atoms with Crippen LogP contribution in [0.25, 0.3) is 6.08 Å². The Kier molecular flexibility index (Phi) is 4.38. The van der Waals surface area contributed by atoms with Gasteiger partial charge < -0.3 is 4.74 Å². The summed E-state index contributed by atoms with van der Waals surface area (Å²) in [6.45, 7) is 0. The van der Waals surface area contributed by atoms with Crippen LogP contribution in [0.5, 0.6) is 0 Å². The van der Waals surface area contributed by atoms with Gasteiger partial charge in [0, 0.05) is 5.56 Å². The smallest absolute Gasteiger partial charge is 0.337 e. The number of hydrogen-bond acceptors (Lipinski definition) is 3. The molecule has 0 fully saturated rings. The van der Waals surface area contributed by atoms with E-state index in [1.807, 2.05) is 12.1 Å². The molecule has 0 spiro atoms. The minimum absolute atomic E-state index is 0.00301. The average molecular weight is 306 g/mol. The van der Waals surface area contributed by atoms with Crippen molar-refractivity contribution in [2.45, 2.75) is 19.3 Å². The van der Waals surface area contributed by atoms with E-state index >= 15 is 0 Å². The molecular formula is C20H18O3. The summed E-state index contributed by atoms with van der Waals surface area (Å²) in [5.74, 6) is -0.369. The van der Waals surface area contributed by atoms with Crippen molar-refractivity contribution in [1.29, 1.82) is 0 Å². The Morgan fingerprint density at radius 1 is 0.957 bits per heavy atom. The van der Waals surface area contributed by atoms with Gasteiger partial charge in [-0.1, -0.05) is 30.3 Å². The summed E-state index contributed by atoms with van der Waals surface area (Å²) in [4.78, 5) is 23.7. The predicted molar refractivity (Wildman–Crippen MR) is 89.6 cm³/mol. The largest absolute Gasteiger partial charge is 0.465 e. The third kappa shape index (κ3) is 3.39. The van der Waals surface area contributed by atoms with Crippen LogP contribution < -0.4 is 0 Å². The zero-order valence-corrected chi connectivity index (χ0v) is 13.0. The molecule has 0 aliphatic heterocycles. The molecule has 116 valence electrons. The Hall–Kier alpha value is -2.68. The summed E-state index contributed by atoms with van der Waals surface area (Å²) >= 11 is 0. The zero-order chi connectivity index (χ0) is 16.2. The second-order valence-corrected chi connectivity index (χ2v) is 5.65. The number of hydrogen-bond donors (Lipinski definition) is 0. The Balaban J connectivity index is 1.72. The van der Waals surface area contributed by atoms with E-state index < -0.39 is 0 Å². The molecular weight excluding hydrogens is 288 g/mol. The minimum Gasteiger partial charge on any atom is -0.465 e. The van der Waals surface area contributed by atoms with Crippen LogP contribution in [0.1, 0.15) is 43.8 Å². The van der Waals surface area contributed by atoms with Crippen molar-refractivity contribution in [2.24, 2.45) is 0 Å². The van der Waals surface area contributed by atoms with Crippen LogP contribution in [-0.2, 0) is 17.6 Å². The predicted octanol–water partition coefficient (Wildman–Crippen LogP) is 3.86. The molecule has 3 heteroatoms. The lowest BCUT2D eigenvalue weighted by Gasteiger charge is -2.02. The highest BCUT2D eigenvalue weighted by atomic mass is 16.5. The molecule has 0 amide bonds. The SMILES string of the molecule is COC(=O)c1ccc(/C=C/C(=O)c2ccc3c(c2)CCC3)cc1. The molecule has 0 heterocycles. The van der Waals surface area contributed by atoms with Gasteiger partial charge >= 0.3 is 5.97 Å². The Labute approximate surface area is 135 Å². The first-order valence-corrected chi connectivity index (χ1v) is 7.70. The molecule has 0 aromatic heterocycles. The molecule has 23 heavy (non-hydrogen) atoms. The van der Waals surface area contributed by atoms with Gasteiger partial charge in [0.1, 0.15) is 0 Å². The number of allylic oxidation sites excluding steroid dienone is 1. The molecule has 2 aromatic rings. The number of ether oxygens (including phenoxy) is 1. The quantitative estimate of drug-likeness (QED) is 0.489. The molecule has 0 saturated heterocycles. The zero-order valence-electron chi connectivity index (χ0n) is 13.0. The number of benzene rings is 2. The summed E-state index contributed by atoms with van der Waals surface area (Å²) in [6, 6.07) is 12.9. The lowest BCUT2D eigenvalue weighted by Crippen LogP contribution is -2.00. The number of methoxy groups -OCH3 is 1. The molecule has 2 aromatic carbocycles. The number of aryl methyl sites for hydroxylation is 2. The maximum absolute atomic E-state index is 12.3. The van der Waals surface area contributed by atoms with E-state index in [1.165, 1.54) is 24.7 Å². The van der Waals surface area contributed by atoms with Crippen molar-refractivity contribution in [3.8, 4) is 0 Å². The second-order valence-electron chi connectivity index (χ2n) is 5.65. The van der Waals surface area contributed by atoms with Crippen molar-refractivity contribution < 1.29 is 14.3 Å². The molecule has 1 aliphatic carbocycles. The Morgan fingerprint density at radius 2 is 1.65 bits per heavy atom. The monoisotopic (exact) mass is 306 g/mol. The lowest BCUT2D eigenvalue weighted by atomic mass is 10.0. The molecule has 3 nitrogen and oxygen atoms in total. The molecule has 0 bridgehead atoms. The van der Waals surface area contributed by atoms with Crippen LogP contribution in [0.2, 0.25) is 0 Å². The fourth-order valence-electron chi connectivity index (χ4n) is 2.84. The molecule has 0 saturated carbocycles. The lowest BCUT2D eigenvalue weighted by molar-refractivity contribution is 0.0600. The third-order valence-electron chi connectivity index (χ3n) is 4.14. The van der Waals surface area contributed by atoms with E-state index in [0.717, 1.165) is 24.0 Å². The van der Waals surface area contributed by atoms with Gasteiger partial charge in [-0.15, -0.1) is 0 Å². The van der Waals surface area contributed by atoms with Crippen molar-refractivity contribution >= 4 is 17.8 Å². The van der Waals surface area contributed by atoms with E-state index in [9.17, 15) is 9.59 Å². The van der Waals surface area contributed by atoms with Crippen LogP contribution in [0.4, 0.5) is 0 Å². The molecule has 0 N–H and O–H groups in total. The summed E-state index contributed by atoms with van der Waals surface area (Å²) < 4.78 is 4.66. The fourth-order valence-corrected chi connectivity index (χ4v) is 2.84. The van der Waals surface area contributed by atoms with Gasteiger partial charge in [-0.05, 0) is 60.2 Å². The number of rotatable bonds is 4. The number of carbonyl (C=O) groups is 2. The van der Waals surface area contributed by atoms with E-state index in [-0.39, 0.29) is 11.8 Å². The van der Waals surface area contributed by atoms with Crippen LogP contribution in [0.15, 0.2) is 48.5 Å². The van der Waals surface area contributed by atoms with E-state index in [2.05, 4.69) is 10.8 Å². The number of carbonyl (C=O) groups excluding carboxylic acids is 2. The highest BCUT2D eigenvalue weighted by Gasteiger charge is 2.12. The van der Waals surface area contributed by atoms with Gasteiger partial charge in [0.25, 0.3) is 0 Å². The number of ketones is 1. The molecule has 0 radical (unpaired) electrons. The summed E-state index contributed by atoms with van der Waals surface area (Å²) in [5.41, 5.74) is 4.76. The first kappa shape index (κ1) is 15.2. The van der Waals surface area contributed by atoms with Crippen LogP contribution in [-0.4, -0.2) is 18.9 Å². The van der Waals surface area contributed by atoms with Crippen LogP contribution >= 0.6 is 0 Å². The number of fused-ring (bicyclic) bond motifs is 1. The van der Waals surface area contributed by atoms with E-state index in [4.69, 9.17) is 0 Å². The topological polar surface area (TPSA) is 43.4 Å². The van der Waals surface area contributed by atoms with Gasteiger partial charge in [0.05, 0.1) is 12.7 Å². The second kappa shape index (κ2) is 6.61. The third-order valence-corrected chi connectivity index (χ3v) is 4.14. The van der Waals surface area contributed by atoms with E-state index in [1.54, 1.807) is 36.4 Å².